The zero-order valence-corrected chi connectivity index (χ0v) is 7.51. The van der Waals surface area contributed by atoms with E-state index in [2.05, 4.69) is 10.2 Å². The molecule has 2 N–H and O–H groups in total. The van der Waals surface area contributed by atoms with Crippen LogP contribution in [0.3, 0.4) is 0 Å². The summed E-state index contributed by atoms with van der Waals surface area (Å²) in [7, 11) is 0. The van der Waals surface area contributed by atoms with E-state index in [0.29, 0.717) is 0 Å². The highest BCUT2D eigenvalue weighted by atomic mass is 15.2. The molecule has 0 aliphatic carbocycles. The van der Waals surface area contributed by atoms with Crippen LogP contribution >= 0.6 is 0 Å². The highest BCUT2D eigenvalue weighted by molar-refractivity contribution is 5.37. The molecule has 1 atom stereocenters. The Morgan fingerprint density at radius 1 is 1.54 bits per heavy atom. The van der Waals surface area contributed by atoms with Gasteiger partial charge in [0.2, 0.25) is 0 Å². The Kier molecular flexibility index (Phi) is 1.98. The Bertz CT molecular complexity index is 405. The summed E-state index contributed by atoms with van der Waals surface area (Å²) in [6.07, 6.45) is 4.59. The summed E-state index contributed by atoms with van der Waals surface area (Å²) < 4.78 is 1.90. The normalized spacial score (nSPS) is 13.4. The number of aromatic nitrogens is 3. The summed E-state index contributed by atoms with van der Waals surface area (Å²) >= 11 is 0. The van der Waals surface area contributed by atoms with Crippen molar-refractivity contribution in [2.24, 2.45) is 5.73 Å². The number of fused-ring (bicyclic) bond motifs is 1. The van der Waals surface area contributed by atoms with Gasteiger partial charge in [-0.05, 0) is 25.0 Å². The molecule has 0 saturated carbocycles. The molecular weight excluding hydrogens is 164 g/mol. The number of nitrogens with two attached hydrogens (primary N) is 1. The van der Waals surface area contributed by atoms with Crippen molar-refractivity contribution >= 4 is 5.65 Å². The first-order valence-corrected chi connectivity index (χ1v) is 4.29. The summed E-state index contributed by atoms with van der Waals surface area (Å²) in [6.45, 7) is 2.00. The molecule has 0 aromatic carbocycles. The minimum absolute atomic E-state index is 0.189. The Morgan fingerprint density at radius 2 is 2.38 bits per heavy atom. The third-order valence-electron chi connectivity index (χ3n) is 1.91. The first kappa shape index (κ1) is 8.19. The topological polar surface area (TPSA) is 56.2 Å². The van der Waals surface area contributed by atoms with Gasteiger partial charge in [0, 0.05) is 12.2 Å². The molecule has 0 bridgehead atoms. The second kappa shape index (κ2) is 3.14. The van der Waals surface area contributed by atoms with Crippen LogP contribution < -0.4 is 5.73 Å². The molecule has 2 aromatic heterocycles. The smallest absolute Gasteiger partial charge is 0.160 e. The molecule has 68 valence electrons. The van der Waals surface area contributed by atoms with Crippen LogP contribution in [0.25, 0.3) is 5.65 Å². The maximum absolute atomic E-state index is 5.70. The standard InChI is InChI=1S/C9H12N4/c1-7(10)4-8-2-3-9-12-11-6-13(9)5-8/h2-3,5-7H,4,10H2,1H3. The van der Waals surface area contributed by atoms with Gasteiger partial charge in [0.1, 0.15) is 6.33 Å². The van der Waals surface area contributed by atoms with E-state index in [9.17, 15) is 0 Å². The van der Waals surface area contributed by atoms with Crippen molar-refractivity contribution < 1.29 is 0 Å². The van der Waals surface area contributed by atoms with Crippen LogP contribution in [0.2, 0.25) is 0 Å². The lowest BCUT2D eigenvalue weighted by molar-refractivity contribution is 0.734. The molecule has 4 nitrogen and oxygen atoms in total. The molecule has 0 aliphatic heterocycles. The number of hydrogen-bond acceptors (Lipinski definition) is 3. The van der Waals surface area contributed by atoms with Crippen LogP contribution in [0, 0.1) is 0 Å². The van der Waals surface area contributed by atoms with E-state index in [1.807, 2.05) is 29.7 Å². The Morgan fingerprint density at radius 3 is 3.15 bits per heavy atom. The minimum Gasteiger partial charge on any atom is -0.328 e. The maximum atomic E-state index is 5.70. The molecule has 2 heterocycles. The summed E-state index contributed by atoms with van der Waals surface area (Å²) in [5.74, 6) is 0. The van der Waals surface area contributed by atoms with Crippen LogP contribution in [0.4, 0.5) is 0 Å². The van der Waals surface area contributed by atoms with Gasteiger partial charge in [-0.2, -0.15) is 0 Å². The van der Waals surface area contributed by atoms with E-state index < -0.39 is 0 Å². The van der Waals surface area contributed by atoms with Crippen LogP contribution in [-0.4, -0.2) is 20.6 Å². The first-order chi connectivity index (χ1) is 6.25. The summed E-state index contributed by atoms with van der Waals surface area (Å²) in [5, 5.41) is 7.72. The number of hydrogen-bond donors (Lipinski definition) is 1. The van der Waals surface area contributed by atoms with Crippen LogP contribution in [0.1, 0.15) is 12.5 Å². The molecule has 4 heteroatoms. The quantitative estimate of drug-likeness (QED) is 0.729. The lowest BCUT2D eigenvalue weighted by Gasteiger charge is -2.04. The Hall–Kier alpha value is -1.42. The highest BCUT2D eigenvalue weighted by Crippen LogP contribution is 2.05. The fourth-order valence-corrected chi connectivity index (χ4v) is 1.37. The SMILES string of the molecule is CC(N)Cc1ccc2nncn2c1. The van der Waals surface area contributed by atoms with Gasteiger partial charge in [0.15, 0.2) is 5.65 Å². The van der Waals surface area contributed by atoms with E-state index in [1.54, 1.807) is 6.33 Å². The zero-order chi connectivity index (χ0) is 9.26. The zero-order valence-electron chi connectivity index (χ0n) is 7.51. The summed E-state index contributed by atoms with van der Waals surface area (Å²) in [4.78, 5) is 0. The molecule has 0 amide bonds. The molecule has 0 fully saturated rings. The van der Waals surface area contributed by atoms with Crippen LogP contribution in [-0.2, 0) is 6.42 Å². The van der Waals surface area contributed by atoms with Crippen molar-refractivity contribution in [3.05, 3.63) is 30.2 Å². The monoisotopic (exact) mass is 176 g/mol. The van der Waals surface area contributed by atoms with E-state index >= 15 is 0 Å². The minimum atomic E-state index is 0.189. The van der Waals surface area contributed by atoms with Gasteiger partial charge in [-0.3, -0.25) is 4.40 Å². The highest BCUT2D eigenvalue weighted by Gasteiger charge is 1.99. The molecule has 0 aliphatic rings. The number of nitrogens with zero attached hydrogens (tertiary/aromatic N) is 3. The van der Waals surface area contributed by atoms with Crippen LogP contribution in [0.5, 0.6) is 0 Å². The Labute approximate surface area is 76.4 Å². The molecule has 0 saturated heterocycles. The van der Waals surface area contributed by atoms with Crippen molar-refractivity contribution in [1.29, 1.82) is 0 Å². The maximum Gasteiger partial charge on any atom is 0.160 e. The van der Waals surface area contributed by atoms with E-state index in [0.717, 1.165) is 12.1 Å². The summed E-state index contributed by atoms with van der Waals surface area (Å²) in [5.41, 5.74) is 7.78. The van der Waals surface area contributed by atoms with Gasteiger partial charge < -0.3 is 5.73 Å². The van der Waals surface area contributed by atoms with Crippen molar-refractivity contribution in [1.82, 2.24) is 14.6 Å². The van der Waals surface area contributed by atoms with Gasteiger partial charge in [-0.25, -0.2) is 0 Å². The van der Waals surface area contributed by atoms with E-state index in [4.69, 9.17) is 5.73 Å². The predicted molar refractivity (Wildman–Crippen MR) is 50.3 cm³/mol. The lowest BCUT2D eigenvalue weighted by atomic mass is 10.1. The predicted octanol–water partition coefficient (Wildman–Crippen LogP) is 0.619. The van der Waals surface area contributed by atoms with E-state index in [-0.39, 0.29) is 6.04 Å². The first-order valence-electron chi connectivity index (χ1n) is 4.29. The van der Waals surface area contributed by atoms with Gasteiger partial charge >= 0.3 is 0 Å². The van der Waals surface area contributed by atoms with Gasteiger partial charge in [-0.1, -0.05) is 6.07 Å². The lowest BCUT2D eigenvalue weighted by Crippen LogP contribution is -2.17. The second-order valence-electron chi connectivity index (χ2n) is 3.32. The average molecular weight is 176 g/mol. The molecule has 1 unspecified atom stereocenters. The summed E-state index contributed by atoms with van der Waals surface area (Å²) in [6, 6.07) is 4.17. The molecule has 2 aromatic rings. The fraction of sp³-hybridized carbons (Fsp3) is 0.333. The van der Waals surface area contributed by atoms with Crippen molar-refractivity contribution in [2.75, 3.05) is 0 Å². The average Bonchev–Trinajstić information content (AvgIpc) is 2.49. The fourth-order valence-electron chi connectivity index (χ4n) is 1.37. The molecule has 13 heavy (non-hydrogen) atoms. The van der Waals surface area contributed by atoms with E-state index in [1.165, 1.54) is 5.56 Å². The molecular formula is C9H12N4. The van der Waals surface area contributed by atoms with Crippen LogP contribution in [0.15, 0.2) is 24.7 Å². The largest absolute Gasteiger partial charge is 0.328 e. The number of rotatable bonds is 2. The Balaban J connectivity index is 2.37. The van der Waals surface area contributed by atoms with Crippen molar-refractivity contribution in [3.63, 3.8) is 0 Å². The van der Waals surface area contributed by atoms with Gasteiger partial charge in [0.05, 0.1) is 0 Å². The van der Waals surface area contributed by atoms with Crippen molar-refractivity contribution in [3.8, 4) is 0 Å². The molecule has 0 spiro atoms. The molecule has 2 rings (SSSR count). The van der Waals surface area contributed by atoms with Crippen molar-refractivity contribution in [2.45, 2.75) is 19.4 Å². The third kappa shape index (κ3) is 1.67. The van der Waals surface area contributed by atoms with Gasteiger partial charge in [0.25, 0.3) is 0 Å². The number of pyridine rings is 1. The second-order valence-corrected chi connectivity index (χ2v) is 3.32. The van der Waals surface area contributed by atoms with Gasteiger partial charge in [-0.15, -0.1) is 10.2 Å². The molecule has 0 radical (unpaired) electrons. The third-order valence-corrected chi connectivity index (χ3v) is 1.91.